The molecule has 2 aromatic carbocycles. The molecule has 1 aromatic heterocycles. The second-order valence-corrected chi connectivity index (χ2v) is 5.70. The topological polar surface area (TPSA) is 92.4 Å². The maximum Gasteiger partial charge on any atom is 0.335 e. The van der Waals surface area contributed by atoms with Crippen molar-refractivity contribution in [3.8, 4) is 0 Å². The molecule has 3 aromatic rings. The molecular formula is C18H16N2O4. The lowest BCUT2D eigenvalue weighted by atomic mass is 10.1. The van der Waals surface area contributed by atoms with Gasteiger partial charge >= 0.3 is 5.97 Å². The van der Waals surface area contributed by atoms with E-state index in [0.717, 1.165) is 16.5 Å². The first-order chi connectivity index (χ1) is 11.4. The predicted molar refractivity (Wildman–Crippen MR) is 89.2 cm³/mol. The molecular weight excluding hydrogens is 308 g/mol. The molecule has 1 heterocycles. The number of amides is 1. The van der Waals surface area contributed by atoms with Gasteiger partial charge in [0.2, 0.25) is 5.91 Å². The summed E-state index contributed by atoms with van der Waals surface area (Å²) in [4.78, 5) is 23.0. The number of aromatic nitrogens is 1. The maximum atomic E-state index is 12.2. The third-order valence-electron chi connectivity index (χ3n) is 3.72. The van der Waals surface area contributed by atoms with Crippen molar-refractivity contribution >= 4 is 28.5 Å². The summed E-state index contributed by atoms with van der Waals surface area (Å²) in [7, 11) is 0. The molecule has 0 aliphatic heterocycles. The van der Waals surface area contributed by atoms with E-state index in [4.69, 9.17) is 9.63 Å². The molecule has 6 heteroatoms. The summed E-state index contributed by atoms with van der Waals surface area (Å²) < 4.78 is 5.33. The first-order valence-corrected chi connectivity index (χ1v) is 7.43. The van der Waals surface area contributed by atoms with Crippen LogP contribution in [0.3, 0.4) is 0 Å². The second-order valence-electron chi connectivity index (χ2n) is 5.70. The highest BCUT2D eigenvalue weighted by molar-refractivity contribution is 5.95. The summed E-state index contributed by atoms with van der Waals surface area (Å²) in [5, 5.41) is 16.4. The van der Waals surface area contributed by atoms with E-state index in [0.29, 0.717) is 17.0 Å². The first kappa shape index (κ1) is 15.7. The molecule has 0 fully saturated rings. The third-order valence-corrected chi connectivity index (χ3v) is 3.72. The summed E-state index contributed by atoms with van der Waals surface area (Å²) in [5.74, 6) is -1.25. The van der Waals surface area contributed by atoms with Gasteiger partial charge in [-0.3, -0.25) is 4.79 Å². The quantitative estimate of drug-likeness (QED) is 0.768. The standard InChI is InChI=1S/C18H16N2O4/c1-10-7-11(2)17-14(8-10)15(20-24-17)9-16(21)19-13-5-3-12(4-6-13)18(22)23/h3-8H,9H2,1-2H3,(H,19,21)(H,22,23). The fourth-order valence-corrected chi connectivity index (χ4v) is 2.62. The molecule has 0 aliphatic rings. The van der Waals surface area contributed by atoms with Crippen LogP contribution in [0.15, 0.2) is 40.9 Å². The number of carboxylic acids is 1. The molecule has 0 aliphatic carbocycles. The van der Waals surface area contributed by atoms with Crippen molar-refractivity contribution in [3.63, 3.8) is 0 Å². The van der Waals surface area contributed by atoms with Gasteiger partial charge in [0.15, 0.2) is 5.58 Å². The van der Waals surface area contributed by atoms with Crippen LogP contribution in [0, 0.1) is 13.8 Å². The molecule has 24 heavy (non-hydrogen) atoms. The maximum absolute atomic E-state index is 12.2. The highest BCUT2D eigenvalue weighted by atomic mass is 16.5. The molecule has 0 saturated carbocycles. The van der Waals surface area contributed by atoms with Crippen LogP contribution in [0.2, 0.25) is 0 Å². The van der Waals surface area contributed by atoms with Crippen molar-refractivity contribution in [2.45, 2.75) is 20.3 Å². The van der Waals surface area contributed by atoms with Crippen LogP contribution >= 0.6 is 0 Å². The first-order valence-electron chi connectivity index (χ1n) is 7.43. The number of hydrogen-bond acceptors (Lipinski definition) is 4. The lowest BCUT2D eigenvalue weighted by Gasteiger charge is -2.04. The van der Waals surface area contributed by atoms with Gasteiger partial charge in [-0.05, 0) is 55.3 Å². The minimum atomic E-state index is -1.01. The summed E-state index contributed by atoms with van der Waals surface area (Å²) in [6.45, 7) is 3.92. The largest absolute Gasteiger partial charge is 0.478 e. The lowest BCUT2D eigenvalue weighted by molar-refractivity contribution is -0.115. The molecule has 3 rings (SSSR count). The monoisotopic (exact) mass is 324 g/mol. The van der Waals surface area contributed by atoms with Crippen LogP contribution in [-0.4, -0.2) is 22.1 Å². The predicted octanol–water partition coefficient (Wildman–Crippen LogP) is 3.32. The second kappa shape index (κ2) is 6.16. The van der Waals surface area contributed by atoms with Gasteiger partial charge in [0.05, 0.1) is 12.0 Å². The highest BCUT2D eigenvalue weighted by Crippen LogP contribution is 2.24. The minimum absolute atomic E-state index is 0.0799. The van der Waals surface area contributed by atoms with Gasteiger partial charge in [-0.15, -0.1) is 0 Å². The van der Waals surface area contributed by atoms with E-state index in [-0.39, 0.29) is 17.9 Å². The molecule has 0 bridgehead atoms. The lowest BCUT2D eigenvalue weighted by Crippen LogP contribution is -2.14. The molecule has 0 atom stereocenters. The number of fused-ring (bicyclic) bond motifs is 1. The normalized spacial score (nSPS) is 10.8. The van der Waals surface area contributed by atoms with Crippen LogP contribution in [0.1, 0.15) is 27.2 Å². The molecule has 122 valence electrons. The number of rotatable bonds is 4. The molecule has 2 N–H and O–H groups in total. The van der Waals surface area contributed by atoms with E-state index in [1.54, 1.807) is 12.1 Å². The SMILES string of the molecule is Cc1cc(C)c2onc(CC(=O)Nc3ccc(C(=O)O)cc3)c2c1. The van der Waals surface area contributed by atoms with Crippen molar-refractivity contribution in [1.29, 1.82) is 0 Å². The Morgan fingerprint density at radius 1 is 1.17 bits per heavy atom. The number of nitrogens with zero attached hydrogens (tertiary/aromatic N) is 1. The molecule has 0 saturated heterocycles. The fourth-order valence-electron chi connectivity index (χ4n) is 2.62. The average Bonchev–Trinajstić information content (AvgIpc) is 2.91. The van der Waals surface area contributed by atoms with E-state index in [1.165, 1.54) is 12.1 Å². The fraction of sp³-hybridized carbons (Fsp3) is 0.167. The minimum Gasteiger partial charge on any atom is -0.478 e. The average molecular weight is 324 g/mol. The molecule has 0 spiro atoms. The van der Waals surface area contributed by atoms with Gasteiger partial charge in [0.1, 0.15) is 5.69 Å². The number of hydrogen-bond donors (Lipinski definition) is 2. The Bertz CT molecular complexity index is 926. The number of aryl methyl sites for hydroxylation is 2. The summed E-state index contributed by atoms with van der Waals surface area (Å²) >= 11 is 0. The van der Waals surface area contributed by atoms with E-state index in [1.807, 2.05) is 26.0 Å². The molecule has 0 radical (unpaired) electrons. The Balaban J connectivity index is 1.76. The van der Waals surface area contributed by atoms with Crippen molar-refractivity contribution in [3.05, 3.63) is 58.8 Å². The van der Waals surface area contributed by atoms with Gasteiger partial charge < -0.3 is 14.9 Å². The zero-order valence-corrected chi connectivity index (χ0v) is 13.3. The van der Waals surface area contributed by atoms with E-state index >= 15 is 0 Å². The third kappa shape index (κ3) is 3.12. The number of nitrogens with one attached hydrogen (secondary N) is 1. The van der Waals surface area contributed by atoms with Gasteiger partial charge in [-0.25, -0.2) is 4.79 Å². The number of carbonyl (C=O) groups is 2. The van der Waals surface area contributed by atoms with Gasteiger partial charge in [0.25, 0.3) is 0 Å². The molecule has 1 amide bonds. The zero-order valence-electron chi connectivity index (χ0n) is 13.3. The number of aromatic carboxylic acids is 1. The van der Waals surface area contributed by atoms with E-state index in [9.17, 15) is 9.59 Å². The Hall–Kier alpha value is -3.15. The van der Waals surface area contributed by atoms with Crippen LogP contribution in [0.25, 0.3) is 11.0 Å². The van der Waals surface area contributed by atoms with E-state index in [2.05, 4.69) is 10.5 Å². The number of carboxylic acid groups (broad SMARTS) is 1. The van der Waals surface area contributed by atoms with Gasteiger partial charge in [-0.1, -0.05) is 11.2 Å². The van der Waals surface area contributed by atoms with Crippen molar-refractivity contribution in [2.24, 2.45) is 0 Å². The molecule has 6 nitrogen and oxygen atoms in total. The number of carbonyl (C=O) groups excluding carboxylic acids is 1. The van der Waals surface area contributed by atoms with Crippen LogP contribution < -0.4 is 5.32 Å². The van der Waals surface area contributed by atoms with Crippen LogP contribution in [-0.2, 0) is 11.2 Å². The number of benzene rings is 2. The van der Waals surface area contributed by atoms with Gasteiger partial charge in [0, 0.05) is 11.1 Å². The van der Waals surface area contributed by atoms with Gasteiger partial charge in [-0.2, -0.15) is 0 Å². The zero-order chi connectivity index (χ0) is 17.3. The number of anilines is 1. The van der Waals surface area contributed by atoms with Crippen molar-refractivity contribution in [2.75, 3.05) is 5.32 Å². The Kier molecular flexibility index (Phi) is 4.04. The smallest absolute Gasteiger partial charge is 0.335 e. The summed E-state index contributed by atoms with van der Waals surface area (Å²) in [6, 6.07) is 9.93. The van der Waals surface area contributed by atoms with Crippen LogP contribution in [0.5, 0.6) is 0 Å². The Labute approximate surface area is 138 Å². The molecule has 0 unspecified atom stereocenters. The van der Waals surface area contributed by atoms with E-state index < -0.39 is 5.97 Å². The van der Waals surface area contributed by atoms with Crippen molar-refractivity contribution < 1.29 is 19.2 Å². The summed E-state index contributed by atoms with van der Waals surface area (Å²) in [5.41, 5.74) is 4.03. The Morgan fingerprint density at radius 3 is 2.54 bits per heavy atom. The van der Waals surface area contributed by atoms with Crippen LogP contribution in [0.4, 0.5) is 5.69 Å². The Morgan fingerprint density at radius 2 is 1.88 bits per heavy atom. The summed E-state index contributed by atoms with van der Waals surface area (Å²) in [6.07, 6.45) is 0.0799. The highest BCUT2D eigenvalue weighted by Gasteiger charge is 2.14. The van der Waals surface area contributed by atoms with Crippen molar-refractivity contribution in [1.82, 2.24) is 5.16 Å².